The number of hydrogen-bond donors (Lipinski definition) is 2. The third kappa shape index (κ3) is 5.71. The first-order valence-electron chi connectivity index (χ1n) is 10.8. The van der Waals surface area contributed by atoms with Crippen LogP contribution < -0.4 is 10.2 Å². The third-order valence-electron chi connectivity index (χ3n) is 5.69. The lowest BCUT2D eigenvalue weighted by Crippen LogP contribution is -2.49. The van der Waals surface area contributed by atoms with Crippen LogP contribution in [0.15, 0.2) is 42.7 Å². The molecule has 0 unspecified atom stereocenters. The number of anilines is 2. The van der Waals surface area contributed by atoms with Crippen molar-refractivity contribution in [2.75, 3.05) is 62.6 Å². The highest BCUT2D eigenvalue weighted by atomic mass is 16.5. The summed E-state index contributed by atoms with van der Waals surface area (Å²) >= 11 is 0. The van der Waals surface area contributed by atoms with Gasteiger partial charge in [0, 0.05) is 50.8 Å². The average Bonchev–Trinajstić information content (AvgIpc) is 3.05. The second-order valence-corrected chi connectivity index (χ2v) is 7.93. The van der Waals surface area contributed by atoms with Gasteiger partial charge in [0.1, 0.15) is 11.5 Å². The van der Waals surface area contributed by atoms with E-state index in [9.17, 15) is 14.7 Å². The minimum absolute atomic E-state index is 0.107. The van der Waals surface area contributed by atoms with Gasteiger partial charge in [-0.1, -0.05) is 6.07 Å². The van der Waals surface area contributed by atoms with Gasteiger partial charge in [-0.05, 0) is 37.2 Å². The largest absolute Gasteiger partial charge is 0.465 e. The number of carbonyl (C=O) groups excluding carboxylic acids is 1. The van der Waals surface area contributed by atoms with Gasteiger partial charge in [0.2, 0.25) is 0 Å². The Morgan fingerprint density at radius 2 is 1.94 bits per heavy atom. The molecule has 2 amide bonds. The van der Waals surface area contributed by atoms with Crippen LogP contribution in [-0.4, -0.2) is 95.4 Å². The lowest BCUT2D eigenvalue weighted by Gasteiger charge is -2.34. The quantitative estimate of drug-likeness (QED) is 0.722. The number of aromatic nitrogens is 2. The summed E-state index contributed by atoms with van der Waals surface area (Å²) in [6.45, 7) is 5.33. The van der Waals surface area contributed by atoms with Crippen LogP contribution in [0.2, 0.25) is 0 Å². The highest BCUT2D eigenvalue weighted by Crippen LogP contribution is 2.17. The van der Waals surface area contributed by atoms with Gasteiger partial charge in [-0.2, -0.15) is 0 Å². The predicted molar refractivity (Wildman–Crippen MR) is 119 cm³/mol. The number of ether oxygens (including phenoxy) is 1. The molecule has 1 atom stereocenters. The summed E-state index contributed by atoms with van der Waals surface area (Å²) in [6, 6.07) is 8.95. The molecule has 0 aliphatic carbocycles. The average molecular weight is 441 g/mol. The maximum atomic E-state index is 12.6. The molecule has 0 bridgehead atoms. The smallest absolute Gasteiger partial charge is 0.407 e. The van der Waals surface area contributed by atoms with Crippen LogP contribution >= 0.6 is 0 Å². The first-order valence-corrected chi connectivity index (χ1v) is 10.8. The summed E-state index contributed by atoms with van der Waals surface area (Å²) in [7, 11) is 0. The van der Waals surface area contributed by atoms with E-state index in [0.717, 1.165) is 38.4 Å². The normalized spacial score (nSPS) is 19.9. The number of carbonyl (C=O) groups is 2. The molecular weight excluding hydrogens is 412 g/mol. The Morgan fingerprint density at radius 3 is 2.75 bits per heavy atom. The number of nitrogens with one attached hydrogen (secondary N) is 1. The number of morpholine rings is 1. The Balaban J connectivity index is 1.33. The molecule has 10 nitrogen and oxygen atoms in total. The van der Waals surface area contributed by atoms with Crippen LogP contribution in [0.4, 0.5) is 16.3 Å². The molecule has 0 spiro atoms. The molecule has 0 aromatic carbocycles. The summed E-state index contributed by atoms with van der Waals surface area (Å²) in [5.41, 5.74) is 1.04. The highest BCUT2D eigenvalue weighted by molar-refractivity contribution is 6.03. The third-order valence-corrected chi connectivity index (χ3v) is 5.69. The number of pyridine rings is 2. The summed E-state index contributed by atoms with van der Waals surface area (Å²) in [5, 5.41) is 12.1. The van der Waals surface area contributed by atoms with Crippen molar-refractivity contribution >= 4 is 23.5 Å². The Hall–Kier alpha value is -3.24. The second-order valence-electron chi connectivity index (χ2n) is 7.93. The van der Waals surface area contributed by atoms with E-state index in [0.29, 0.717) is 37.6 Å². The van der Waals surface area contributed by atoms with Gasteiger partial charge >= 0.3 is 6.09 Å². The minimum Gasteiger partial charge on any atom is -0.465 e. The van der Waals surface area contributed by atoms with Gasteiger partial charge in [-0.25, -0.2) is 9.78 Å². The van der Waals surface area contributed by atoms with E-state index >= 15 is 0 Å². The molecule has 32 heavy (non-hydrogen) atoms. The number of nitrogens with zero attached hydrogens (tertiary/aromatic N) is 5. The zero-order valence-electron chi connectivity index (χ0n) is 17.9. The van der Waals surface area contributed by atoms with Gasteiger partial charge < -0.3 is 25.0 Å². The van der Waals surface area contributed by atoms with E-state index in [1.54, 1.807) is 30.6 Å². The maximum absolute atomic E-state index is 12.6. The lowest BCUT2D eigenvalue weighted by atomic mass is 10.2. The van der Waals surface area contributed by atoms with E-state index in [4.69, 9.17) is 4.74 Å². The molecule has 4 rings (SSSR count). The molecule has 4 heterocycles. The first kappa shape index (κ1) is 22.0. The van der Waals surface area contributed by atoms with Crippen molar-refractivity contribution in [3.63, 3.8) is 0 Å². The van der Waals surface area contributed by atoms with Gasteiger partial charge in [0.05, 0.1) is 19.3 Å². The number of hydrogen-bond acceptors (Lipinski definition) is 7. The number of amides is 2. The fourth-order valence-electron chi connectivity index (χ4n) is 4.03. The zero-order chi connectivity index (χ0) is 22.3. The van der Waals surface area contributed by atoms with Crippen molar-refractivity contribution in [2.45, 2.75) is 12.5 Å². The monoisotopic (exact) mass is 440 g/mol. The number of carboxylic acid groups (broad SMARTS) is 1. The summed E-state index contributed by atoms with van der Waals surface area (Å²) in [4.78, 5) is 38.3. The van der Waals surface area contributed by atoms with Crippen LogP contribution in [0.25, 0.3) is 0 Å². The SMILES string of the molecule is O=C(Nc1ccncc1)c1cccc(N2CCCN(C[C@@H]3CN(C(=O)O)CCO3)CC2)n1. The highest BCUT2D eigenvalue weighted by Gasteiger charge is 2.26. The van der Waals surface area contributed by atoms with E-state index < -0.39 is 6.09 Å². The van der Waals surface area contributed by atoms with E-state index in [2.05, 4.69) is 25.1 Å². The first-order chi connectivity index (χ1) is 15.6. The van der Waals surface area contributed by atoms with Gasteiger partial charge in [-0.3, -0.25) is 14.7 Å². The summed E-state index contributed by atoms with van der Waals surface area (Å²) in [5.74, 6) is 0.520. The molecule has 2 aromatic rings. The van der Waals surface area contributed by atoms with Crippen LogP contribution in [0.3, 0.4) is 0 Å². The van der Waals surface area contributed by atoms with Crippen LogP contribution in [0.5, 0.6) is 0 Å². The molecule has 0 radical (unpaired) electrons. The van der Waals surface area contributed by atoms with Crippen molar-refractivity contribution < 1.29 is 19.4 Å². The van der Waals surface area contributed by atoms with Crippen molar-refractivity contribution in [3.8, 4) is 0 Å². The van der Waals surface area contributed by atoms with Crippen molar-refractivity contribution in [3.05, 3.63) is 48.4 Å². The van der Waals surface area contributed by atoms with Gasteiger partial charge in [-0.15, -0.1) is 0 Å². The summed E-state index contributed by atoms with van der Waals surface area (Å²) in [6.07, 6.45) is 3.20. The molecule has 170 valence electrons. The molecule has 2 aromatic heterocycles. The molecule has 2 fully saturated rings. The Labute approximate surface area is 186 Å². The minimum atomic E-state index is -0.890. The van der Waals surface area contributed by atoms with E-state index in [-0.39, 0.29) is 12.0 Å². The Kier molecular flexibility index (Phi) is 7.13. The van der Waals surface area contributed by atoms with Crippen LogP contribution in [0.1, 0.15) is 16.9 Å². The lowest BCUT2D eigenvalue weighted by molar-refractivity contribution is -0.0360. The predicted octanol–water partition coefficient (Wildman–Crippen LogP) is 1.62. The fraction of sp³-hybridized carbons (Fsp3) is 0.455. The molecule has 2 N–H and O–H groups in total. The molecule has 2 aliphatic heterocycles. The van der Waals surface area contributed by atoms with E-state index in [1.165, 1.54) is 4.90 Å². The molecular formula is C22H28N6O4. The van der Waals surface area contributed by atoms with Gasteiger partial charge in [0.25, 0.3) is 5.91 Å². The topological polar surface area (TPSA) is 111 Å². The Morgan fingerprint density at radius 1 is 1.09 bits per heavy atom. The van der Waals surface area contributed by atoms with Crippen molar-refractivity contribution in [1.29, 1.82) is 0 Å². The second kappa shape index (κ2) is 10.4. The number of rotatable bonds is 5. The van der Waals surface area contributed by atoms with E-state index in [1.807, 2.05) is 12.1 Å². The molecule has 10 heteroatoms. The Bertz CT molecular complexity index is 928. The molecule has 0 saturated carbocycles. The van der Waals surface area contributed by atoms with Crippen LogP contribution in [0, 0.1) is 0 Å². The fourth-order valence-corrected chi connectivity index (χ4v) is 4.03. The molecule has 2 aliphatic rings. The van der Waals surface area contributed by atoms with Gasteiger partial charge in [0.15, 0.2) is 0 Å². The summed E-state index contributed by atoms with van der Waals surface area (Å²) < 4.78 is 5.78. The standard InChI is InChI=1S/C22H28N6O4/c29-21(24-17-5-7-23-8-6-17)19-3-1-4-20(25-19)27-10-2-9-26(11-12-27)15-18-16-28(22(30)31)13-14-32-18/h1,3-8,18H,2,9-16H2,(H,30,31)(H,23,24,29)/t18-/m1/s1. The molecule has 2 saturated heterocycles. The zero-order valence-corrected chi connectivity index (χ0v) is 17.9. The van der Waals surface area contributed by atoms with Crippen LogP contribution in [-0.2, 0) is 4.74 Å². The van der Waals surface area contributed by atoms with Crippen molar-refractivity contribution in [2.24, 2.45) is 0 Å². The van der Waals surface area contributed by atoms with Crippen molar-refractivity contribution in [1.82, 2.24) is 19.8 Å². The maximum Gasteiger partial charge on any atom is 0.407 e.